The Morgan fingerprint density at radius 2 is 1.77 bits per heavy atom. The molecular weight excluding hydrogens is 470 g/mol. The molecule has 3 rings (SSSR count). The lowest BCUT2D eigenvalue weighted by Gasteiger charge is -2.18. The van der Waals surface area contributed by atoms with Crippen molar-refractivity contribution in [3.05, 3.63) is 53.6 Å². The Kier molecular flexibility index (Phi) is 9.13. The number of thioether (sulfide) groups is 1. The van der Waals surface area contributed by atoms with Gasteiger partial charge in [0.1, 0.15) is 5.25 Å². The van der Waals surface area contributed by atoms with Gasteiger partial charge in [-0.15, -0.1) is 0 Å². The predicted octanol–water partition coefficient (Wildman–Crippen LogP) is 3.54. The first-order valence-electron chi connectivity index (χ1n) is 11.2. The number of esters is 1. The van der Waals surface area contributed by atoms with Gasteiger partial charge in [-0.1, -0.05) is 17.8 Å². The van der Waals surface area contributed by atoms with Crippen molar-refractivity contribution in [2.75, 3.05) is 27.4 Å². The minimum absolute atomic E-state index is 0.0561. The first kappa shape index (κ1) is 26.1. The quantitative estimate of drug-likeness (QED) is 0.499. The molecule has 1 N–H and O–H groups in total. The maximum absolute atomic E-state index is 13.3. The van der Waals surface area contributed by atoms with Crippen LogP contribution in [0, 0.1) is 0 Å². The van der Waals surface area contributed by atoms with Crippen molar-refractivity contribution in [1.82, 2.24) is 10.2 Å². The molecule has 2 amide bonds. The largest absolute Gasteiger partial charge is 0.493 e. The van der Waals surface area contributed by atoms with E-state index in [1.807, 2.05) is 13.0 Å². The van der Waals surface area contributed by atoms with Gasteiger partial charge in [-0.2, -0.15) is 0 Å². The minimum atomic E-state index is -0.584. The third-order valence-electron chi connectivity index (χ3n) is 5.16. The number of hydrogen-bond acceptors (Lipinski definition) is 8. The second-order valence-electron chi connectivity index (χ2n) is 7.54. The predicted molar refractivity (Wildman–Crippen MR) is 134 cm³/mol. The standard InChI is InChI=1S/C25H29N3O6S/c1-5-26-22(29)14-21-23(30)28(15-16-7-12-19(32-3)20(13-16)33-4)25(35-21)27-18-10-8-17(9-11-18)24(31)34-6-2/h7-13,21H,5-6,14-15H2,1-4H3,(H,26,29). The van der Waals surface area contributed by atoms with E-state index in [1.165, 1.54) is 11.8 Å². The molecule has 2 aromatic carbocycles. The molecule has 2 aromatic rings. The number of carbonyl (C=O) groups excluding carboxylic acids is 3. The fraction of sp³-hybridized carbons (Fsp3) is 0.360. The van der Waals surface area contributed by atoms with Gasteiger partial charge in [0.2, 0.25) is 11.8 Å². The van der Waals surface area contributed by atoms with Crippen LogP contribution in [0.5, 0.6) is 11.5 Å². The molecule has 1 aliphatic heterocycles. The number of aliphatic imine (C=N–C) groups is 1. The minimum Gasteiger partial charge on any atom is -0.493 e. The van der Waals surface area contributed by atoms with Crippen molar-refractivity contribution in [3.8, 4) is 11.5 Å². The smallest absolute Gasteiger partial charge is 0.338 e. The normalized spacial score (nSPS) is 16.3. The van der Waals surface area contributed by atoms with Crippen LogP contribution in [-0.4, -0.2) is 60.5 Å². The molecule has 1 heterocycles. The van der Waals surface area contributed by atoms with Crippen molar-refractivity contribution < 1.29 is 28.6 Å². The summed E-state index contributed by atoms with van der Waals surface area (Å²) in [6, 6.07) is 12.1. The van der Waals surface area contributed by atoms with E-state index in [9.17, 15) is 14.4 Å². The number of methoxy groups -OCH3 is 2. The van der Waals surface area contributed by atoms with E-state index < -0.39 is 11.2 Å². The number of nitrogens with zero attached hydrogens (tertiary/aromatic N) is 2. The second-order valence-corrected chi connectivity index (χ2v) is 8.71. The third-order valence-corrected chi connectivity index (χ3v) is 6.33. The molecule has 0 aliphatic carbocycles. The van der Waals surface area contributed by atoms with Gasteiger partial charge in [-0.3, -0.25) is 14.5 Å². The van der Waals surface area contributed by atoms with Crippen LogP contribution in [0.4, 0.5) is 5.69 Å². The van der Waals surface area contributed by atoms with E-state index in [4.69, 9.17) is 14.2 Å². The van der Waals surface area contributed by atoms with Crippen LogP contribution in [0.1, 0.15) is 36.2 Å². The Hall–Kier alpha value is -3.53. The number of benzene rings is 2. The molecule has 9 nitrogen and oxygen atoms in total. The highest BCUT2D eigenvalue weighted by atomic mass is 32.2. The average molecular weight is 500 g/mol. The van der Waals surface area contributed by atoms with E-state index in [0.29, 0.717) is 41.1 Å². The molecule has 1 fully saturated rings. The summed E-state index contributed by atoms with van der Waals surface area (Å²) in [6.45, 7) is 4.61. The molecule has 0 spiro atoms. The Balaban J connectivity index is 1.89. The van der Waals surface area contributed by atoms with E-state index >= 15 is 0 Å². The fourth-order valence-electron chi connectivity index (χ4n) is 3.47. The van der Waals surface area contributed by atoms with E-state index in [1.54, 1.807) is 62.4 Å². The van der Waals surface area contributed by atoms with E-state index in [-0.39, 0.29) is 24.8 Å². The van der Waals surface area contributed by atoms with Crippen LogP contribution in [0.3, 0.4) is 0 Å². The Labute approximate surface area is 208 Å². The number of hydrogen-bond donors (Lipinski definition) is 1. The van der Waals surface area contributed by atoms with Gasteiger partial charge in [-0.05, 0) is 55.8 Å². The summed E-state index contributed by atoms with van der Waals surface area (Å²) in [7, 11) is 3.11. The molecule has 35 heavy (non-hydrogen) atoms. The van der Waals surface area contributed by atoms with Gasteiger partial charge in [0.15, 0.2) is 16.7 Å². The lowest BCUT2D eigenvalue weighted by Crippen LogP contribution is -2.34. The fourth-order valence-corrected chi connectivity index (χ4v) is 4.62. The molecule has 1 atom stereocenters. The van der Waals surface area contributed by atoms with Gasteiger partial charge in [0.25, 0.3) is 0 Å². The number of amides is 2. The molecule has 186 valence electrons. The molecule has 1 unspecified atom stereocenters. The first-order chi connectivity index (χ1) is 16.9. The van der Waals surface area contributed by atoms with E-state index in [0.717, 1.165) is 5.56 Å². The molecule has 1 saturated heterocycles. The van der Waals surface area contributed by atoms with Crippen LogP contribution < -0.4 is 14.8 Å². The monoisotopic (exact) mass is 499 g/mol. The van der Waals surface area contributed by atoms with Crippen LogP contribution >= 0.6 is 11.8 Å². The SMILES string of the molecule is CCNC(=O)CC1SC(=Nc2ccc(C(=O)OCC)cc2)N(Cc2ccc(OC)c(OC)c2)C1=O. The maximum atomic E-state index is 13.3. The highest BCUT2D eigenvalue weighted by Crippen LogP contribution is 2.34. The maximum Gasteiger partial charge on any atom is 0.338 e. The molecule has 10 heteroatoms. The number of amidine groups is 1. The van der Waals surface area contributed by atoms with Gasteiger partial charge < -0.3 is 19.5 Å². The van der Waals surface area contributed by atoms with Crippen molar-refractivity contribution in [2.45, 2.75) is 32.1 Å². The summed E-state index contributed by atoms with van der Waals surface area (Å²) < 4.78 is 15.7. The second kappa shape index (κ2) is 12.3. The lowest BCUT2D eigenvalue weighted by atomic mass is 10.1. The van der Waals surface area contributed by atoms with Crippen LogP contribution in [0.15, 0.2) is 47.5 Å². The van der Waals surface area contributed by atoms with Crippen LogP contribution in [0.25, 0.3) is 0 Å². The van der Waals surface area contributed by atoms with Crippen LogP contribution in [0.2, 0.25) is 0 Å². The third kappa shape index (κ3) is 6.54. The van der Waals surface area contributed by atoms with Crippen LogP contribution in [-0.2, 0) is 20.9 Å². The molecule has 0 aromatic heterocycles. The lowest BCUT2D eigenvalue weighted by molar-refractivity contribution is -0.129. The zero-order chi connectivity index (χ0) is 25.4. The average Bonchev–Trinajstić information content (AvgIpc) is 3.13. The van der Waals surface area contributed by atoms with Crippen molar-refractivity contribution in [3.63, 3.8) is 0 Å². The summed E-state index contributed by atoms with van der Waals surface area (Å²) in [5.41, 5.74) is 1.81. The number of nitrogens with one attached hydrogen (secondary N) is 1. The highest BCUT2D eigenvalue weighted by molar-refractivity contribution is 8.15. The topological polar surface area (TPSA) is 107 Å². The molecule has 0 saturated carbocycles. The van der Waals surface area contributed by atoms with Crippen molar-refractivity contribution >= 4 is 40.4 Å². The van der Waals surface area contributed by atoms with E-state index in [2.05, 4.69) is 10.3 Å². The number of rotatable bonds is 10. The summed E-state index contributed by atoms with van der Waals surface area (Å²) in [5, 5.41) is 2.63. The highest BCUT2D eigenvalue weighted by Gasteiger charge is 2.39. The van der Waals surface area contributed by atoms with Gasteiger partial charge in [-0.25, -0.2) is 9.79 Å². The number of carbonyl (C=O) groups is 3. The summed E-state index contributed by atoms with van der Waals surface area (Å²) >= 11 is 1.25. The summed E-state index contributed by atoms with van der Waals surface area (Å²) in [4.78, 5) is 43.6. The molecular formula is C25H29N3O6S. The molecule has 0 radical (unpaired) electrons. The Morgan fingerprint density at radius 3 is 2.40 bits per heavy atom. The zero-order valence-electron chi connectivity index (χ0n) is 20.2. The number of ether oxygens (including phenoxy) is 3. The summed E-state index contributed by atoms with van der Waals surface area (Å²) in [6.07, 6.45) is 0.0561. The molecule has 1 aliphatic rings. The van der Waals surface area contributed by atoms with Gasteiger partial charge >= 0.3 is 5.97 Å². The zero-order valence-corrected chi connectivity index (χ0v) is 21.0. The van der Waals surface area contributed by atoms with Gasteiger partial charge in [0.05, 0.1) is 38.6 Å². The van der Waals surface area contributed by atoms with Gasteiger partial charge in [0, 0.05) is 13.0 Å². The molecule has 0 bridgehead atoms. The van der Waals surface area contributed by atoms with Crippen molar-refractivity contribution in [1.29, 1.82) is 0 Å². The summed E-state index contributed by atoms with van der Waals surface area (Å²) in [5.74, 6) is 0.343. The Morgan fingerprint density at radius 1 is 1.06 bits per heavy atom. The first-order valence-corrected chi connectivity index (χ1v) is 12.1. The Bertz CT molecular complexity index is 1100. The van der Waals surface area contributed by atoms with Crippen molar-refractivity contribution in [2.24, 2.45) is 4.99 Å².